The number of benzene rings is 1. The molecule has 1 N–H and O–H groups in total. The highest BCUT2D eigenvalue weighted by Gasteiger charge is 2.05. The van der Waals surface area contributed by atoms with E-state index >= 15 is 0 Å². The number of nitroso groups, excluding NO2 is 1. The van der Waals surface area contributed by atoms with Crippen LogP contribution in [-0.2, 0) is 6.42 Å². The van der Waals surface area contributed by atoms with Crippen molar-refractivity contribution in [1.29, 1.82) is 0 Å². The third-order valence-electron chi connectivity index (χ3n) is 2.00. The van der Waals surface area contributed by atoms with Gasteiger partial charge in [-0.1, -0.05) is 25.5 Å². The van der Waals surface area contributed by atoms with Crippen LogP contribution >= 0.6 is 0 Å². The monoisotopic (exact) mass is 179 g/mol. The molecule has 0 heterocycles. The minimum atomic E-state index is 0.0333. The molecule has 3 nitrogen and oxygen atoms in total. The number of phenols is 1. The van der Waals surface area contributed by atoms with Crippen LogP contribution in [0, 0.1) is 4.91 Å². The number of unbranched alkanes of at least 4 members (excludes halogenated alkanes) is 1. The summed E-state index contributed by atoms with van der Waals surface area (Å²) in [7, 11) is 0. The number of aryl methyl sites for hydroxylation is 1. The molecule has 3 heteroatoms. The van der Waals surface area contributed by atoms with E-state index in [9.17, 15) is 10.0 Å². The summed E-state index contributed by atoms with van der Waals surface area (Å²) in [5, 5.41) is 12.3. The molecule has 1 aromatic carbocycles. The van der Waals surface area contributed by atoms with Crippen molar-refractivity contribution in [3.05, 3.63) is 28.7 Å². The zero-order chi connectivity index (χ0) is 9.68. The van der Waals surface area contributed by atoms with Crippen LogP contribution in [0.25, 0.3) is 0 Å². The summed E-state index contributed by atoms with van der Waals surface area (Å²) in [4.78, 5) is 10.2. The van der Waals surface area contributed by atoms with Gasteiger partial charge >= 0.3 is 0 Å². The molecule has 0 aliphatic rings. The number of para-hydroxylation sites is 1. The second-order valence-corrected chi connectivity index (χ2v) is 2.98. The molecule has 1 rings (SSSR count). The first-order valence-corrected chi connectivity index (χ1v) is 4.43. The average molecular weight is 179 g/mol. The fourth-order valence-electron chi connectivity index (χ4n) is 1.22. The number of hydrogen-bond donors (Lipinski definition) is 1. The van der Waals surface area contributed by atoms with Crippen LogP contribution in [0.15, 0.2) is 23.4 Å². The van der Waals surface area contributed by atoms with Gasteiger partial charge in [0.1, 0.15) is 11.4 Å². The van der Waals surface area contributed by atoms with E-state index in [0.29, 0.717) is 0 Å². The van der Waals surface area contributed by atoms with Crippen LogP contribution in [-0.4, -0.2) is 5.11 Å². The predicted molar refractivity (Wildman–Crippen MR) is 52.2 cm³/mol. The SMILES string of the molecule is CCCCc1cccc(N=O)c1O. The highest BCUT2D eigenvalue weighted by molar-refractivity contribution is 5.54. The van der Waals surface area contributed by atoms with Crippen molar-refractivity contribution in [3.8, 4) is 5.75 Å². The molecule has 0 aliphatic carbocycles. The zero-order valence-corrected chi connectivity index (χ0v) is 7.66. The molecule has 0 aliphatic heterocycles. The Morgan fingerprint density at radius 1 is 1.46 bits per heavy atom. The Bertz CT molecular complexity index is 297. The van der Waals surface area contributed by atoms with Gasteiger partial charge in [-0.2, -0.15) is 0 Å². The second-order valence-electron chi connectivity index (χ2n) is 2.98. The van der Waals surface area contributed by atoms with E-state index in [4.69, 9.17) is 0 Å². The van der Waals surface area contributed by atoms with Crippen molar-refractivity contribution in [3.63, 3.8) is 0 Å². The van der Waals surface area contributed by atoms with E-state index in [1.54, 1.807) is 6.07 Å². The molecule has 13 heavy (non-hydrogen) atoms. The first-order valence-electron chi connectivity index (χ1n) is 4.43. The van der Waals surface area contributed by atoms with Gasteiger partial charge < -0.3 is 5.11 Å². The molecule has 0 radical (unpaired) electrons. The van der Waals surface area contributed by atoms with Crippen LogP contribution in [0.2, 0.25) is 0 Å². The van der Waals surface area contributed by atoms with E-state index in [0.717, 1.165) is 24.8 Å². The number of hydrogen-bond acceptors (Lipinski definition) is 3. The Kier molecular flexibility index (Phi) is 3.43. The number of phenolic OH excluding ortho intramolecular Hbond substituents is 1. The molecule has 0 amide bonds. The summed E-state index contributed by atoms with van der Waals surface area (Å²) < 4.78 is 0. The van der Waals surface area contributed by atoms with Gasteiger partial charge in [-0.05, 0) is 29.6 Å². The molecule has 70 valence electrons. The van der Waals surface area contributed by atoms with Crippen LogP contribution in [0.5, 0.6) is 5.75 Å². The van der Waals surface area contributed by atoms with Crippen molar-refractivity contribution in [2.24, 2.45) is 5.18 Å². The molecule has 0 bridgehead atoms. The van der Waals surface area contributed by atoms with Gasteiger partial charge in [0.2, 0.25) is 0 Å². The highest BCUT2D eigenvalue weighted by Crippen LogP contribution is 2.30. The van der Waals surface area contributed by atoms with Crippen LogP contribution in [0.3, 0.4) is 0 Å². The number of nitrogens with zero attached hydrogens (tertiary/aromatic N) is 1. The smallest absolute Gasteiger partial charge is 0.149 e. The third-order valence-corrected chi connectivity index (χ3v) is 2.00. The van der Waals surface area contributed by atoms with Gasteiger partial charge in [0.15, 0.2) is 0 Å². The first kappa shape index (κ1) is 9.71. The van der Waals surface area contributed by atoms with E-state index in [1.807, 2.05) is 6.07 Å². The van der Waals surface area contributed by atoms with Crippen molar-refractivity contribution < 1.29 is 5.11 Å². The van der Waals surface area contributed by atoms with E-state index < -0.39 is 0 Å². The predicted octanol–water partition coefficient (Wildman–Crippen LogP) is 3.13. The molecule has 0 saturated heterocycles. The minimum Gasteiger partial charge on any atom is -0.505 e. The molecule has 0 unspecified atom stereocenters. The number of aromatic hydroxyl groups is 1. The molecule has 0 fully saturated rings. The topological polar surface area (TPSA) is 49.7 Å². The standard InChI is InChI=1S/C10H13NO2/c1-2-3-5-8-6-4-7-9(11-13)10(8)12/h4,6-7,12H,2-3,5H2,1H3. The largest absolute Gasteiger partial charge is 0.505 e. The maximum absolute atomic E-state index is 10.2. The van der Waals surface area contributed by atoms with Crippen molar-refractivity contribution in [2.75, 3.05) is 0 Å². The lowest BCUT2D eigenvalue weighted by Crippen LogP contribution is -1.85. The summed E-state index contributed by atoms with van der Waals surface area (Å²) in [5.41, 5.74) is 0.938. The Balaban J connectivity index is 2.87. The maximum atomic E-state index is 10.2. The molecule has 1 aromatic rings. The van der Waals surface area contributed by atoms with Gasteiger partial charge in [0.05, 0.1) is 0 Å². The molecule has 0 spiro atoms. The van der Waals surface area contributed by atoms with Crippen molar-refractivity contribution in [2.45, 2.75) is 26.2 Å². The lowest BCUT2D eigenvalue weighted by Gasteiger charge is -2.03. The molecular weight excluding hydrogens is 166 g/mol. The van der Waals surface area contributed by atoms with E-state index in [-0.39, 0.29) is 11.4 Å². The summed E-state index contributed by atoms with van der Waals surface area (Å²) in [6, 6.07) is 5.07. The van der Waals surface area contributed by atoms with E-state index in [2.05, 4.69) is 12.1 Å². The van der Waals surface area contributed by atoms with Gasteiger partial charge in [-0.25, -0.2) is 0 Å². The summed E-state index contributed by atoms with van der Waals surface area (Å²) >= 11 is 0. The Hall–Kier alpha value is -1.38. The molecular formula is C10H13NO2. The van der Waals surface area contributed by atoms with Gasteiger partial charge in [0, 0.05) is 0 Å². The van der Waals surface area contributed by atoms with Crippen LogP contribution in [0.4, 0.5) is 5.69 Å². The first-order chi connectivity index (χ1) is 6.29. The number of rotatable bonds is 4. The van der Waals surface area contributed by atoms with E-state index in [1.165, 1.54) is 6.07 Å². The van der Waals surface area contributed by atoms with Crippen molar-refractivity contribution >= 4 is 5.69 Å². The van der Waals surface area contributed by atoms with Gasteiger partial charge in [0.25, 0.3) is 0 Å². The zero-order valence-electron chi connectivity index (χ0n) is 7.66. The molecule has 0 aromatic heterocycles. The Morgan fingerprint density at radius 2 is 2.23 bits per heavy atom. The summed E-state index contributed by atoms with van der Waals surface area (Å²) in [6.07, 6.45) is 2.87. The summed E-state index contributed by atoms with van der Waals surface area (Å²) in [6.45, 7) is 2.08. The fourth-order valence-corrected chi connectivity index (χ4v) is 1.22. The lowest BCUT2D eigenvalue weighted by atomic mass is 10.1. The van der Waals surface area contributed by atoms with Crippen LogP contribution < -0.4 is 0 Å². The van der Waals surface area contributed by atoms with Gasteiger partial charge in [-0.15, -0.1) is 4.91 Å². The minimum absolute atomic E-state index is 0.0333. The Morgan fingerprint density at radius 3 is 2.85 bits per heavy atom. The van der Waals surface area contributed by atoms with Crippen LogP contribution in [0.1, 0.15) is 25.3 Å². The average Bonchev–Trinajstić information content (AvgIpc) is 2.16. The molecule has 0 saturated carbocycles. The fraction of sp³-hybridized carbons (Fsp3) is 0.400. The quantitative estimate of drug-likeness (QED) is 0.722. The second kappa shape index (κ2) is 4.60. The Labute approximate surface area is 77.4 Å². The van der Waals surface area contributed by atoms with Gasteiger partial charge in [-0.3, -0.25) is 0 Å². The maximum Gasteiger partial charge on any atom is 0.149 e. The lowest BCUT2D eigenvalue weighted by molar-refractivity contribution is 0.468. The normalized spacial score (nSPS) is 9.92. The molecule has 0 atom stereocenters. The third kappa shape index (κ3) is 2.28. The van der Waals surface area contributed by atoms with Crippen molar-refractivity contribution in [1.82, 2.24) is 0 Å². The summed E-state index contributed by atoms with van der Waals surface area (Å²) in [5.74, 6) is 0.0333. The highest BCUT2D eigenvalue weighted by atomic mass is 16.3.